The summed E-state index contributed by atoms with van der Waals surface area (Å²) in [6.07, 6.45) is -1.73. The molecule has 32 heavy (non-hydrogen) atoms. The molecule has 2 aromatic rings. The number of aromatic nitrogens is 2. The van der Waals surface area contributed by atoms with Gasteiger partial charge >= 0.3 is 12.1 Å². The van der Waals surface area contributed by atoms with Crippen molar-refractivity contribution in [3.05, 3.63) is 48.2 Å². The Bertz CT molecular complexity index is 980. The summed E-state index contributed by atoms with van der Waals surface area (Å²) in [6, 6.07) is 6.52. The first-order valence-electron chi connectivity index (χ1n) is 9.55. The Morgan fingerprint density at radius 1 is 1.34 bits per heavy atom. The standard InChI is InChI=1S/C18H20FN3O3.C2HF3O2/c1-21-7-3-5-15(21)17(23)22-8-13-9-24-11-18(13,10-22)12-25-16-14(19)4-2-6-20-16;3-2(4,5)1(6)7/h2-7,13H,8-12H2,1H3;(H,6,7)/t13-,18+;/m1./s1. The quantitative estimate of drug-likeness (QED) is 0.706. The zero-order valence-electron chi connectivity index (χ0n) is 17.0. The number of carboxylic acids is 1. The molecule has 0 saturated carbocycles. The normalized spacial score (nSPS) is 22.2. The molecule has 1 amide bonds. The van der Waals surface area contributed by atoms with Crippen molar-refractivity contribution in [2.75, 3.05) is 32.9 Å². The van der Waals surface area contributed by atoms with E-state index in [9.17, 15) is 22.4 Å². The van der Waals surface area contributed by atoms with Crippen molar-refractivity contribution in [3.63, 3.8) is 0 Å². The van der Waals surface area contributed by atoms with E-state index in [0.717, 1.165) is 0 Å². The largest absolute Gasteiger partial charge is 0.490 e. The number of nitrogens with zero attached hydrogens (tertiary/aromatic N) is 3. The van der Waals surface area contributed by atoms with Gasteiger partial charge in [0, 0.05) is 38.4 Å². The van der Waals surface area contributed by atoms with E-state index < -0.39 is 18.0 Å². The molecule has 2 saturated heterocycles. The third-order valence-electron chi connectivity index (χ3n) is 5.43. The van der Waals surface area contributed by atoms with Gasteiger partial charge in [-0.1, -0.05) is 0 Å². The number of alkyl halides is 3. The highest BCUT2D eigenvalue weighted by atomic mass is 19.4. The number of ether oxygens (including phenoxy) is 2. The lowest BCUT2D eigenvalue weighted by Crippen LogP contribution is -2.38. The topological polar surface area (TPSA) is 93.9 Å². The Labute approximate surface area is 180 Å². The number of hydrogen-bond donors (Lipinski definition) is 1. The molecule has 4 heterocycles. The Balaban J connectivity index is 0.000000360. The fourth-order valence-corrected chi connectivity index (χ4v) is 3.73. The Morgan fingerprint density at radius 3 is 2.66 bits per heavy atom. The van der Waals surface area contributed by atoms with E-state index in [4.69, 9.17) is 19.4 Å². The molecule has 0 unspecified atom stereocenters. The number of fused-ring (bicyclic) bond motifs is 1. The number of rotatable bonds is 4. The first-order chi connectivity index (χ1) is 15.0. The van der Waals surface area contributed by atoms with Gasteiger partial charge in [-0.2, -0.15) is 13.2 Å². The Hall–Kier alpha value is -3.15. The summed E-state index contributed by atoms with van der Waals surface area (Å²) in [5.41, 5.74) is 0.345. The summed E-state index contributed by atoms with van der Waals surface area (Å²) in [6.45, 7) is 2.53. The van der Waals surface area contributed by atoms with Crippen LogP contribution < -0.4 is 4.74 Å². The number of aliphatic carboxylic acids is 1. The smallest absolute Gasteiger partial charge is 0.475 e. The van der Waals surface area contributed by atoms with Crippen LogP contribution in [0.4, 0.5) is 17.6 Å². The number of hydrogen-bond acceptors (Lipinski definition) is 5. The maximum absolute atomic E-state index is 13.8. The van der Waals surface area contributed by atoms with Crippen molar-refractivity contribution in [3.8, 4) is 5.88 Å². The van der Waals surface area contributed by atoms with Crippen LogP contribution in [0.5, 0.6) is 5.88 Å². The van der Waals surface area contributed by atoms with Crippen LogP contribution in [-0.4, -0.2) is 70.5 Å². The molecule has 0 bridgehead atoms. The van der Waals surface area contributed by atoms with Gasteiger partial charge in [0.25, 0.3) is 5.91 Å². The maximum atomic E-state index is 13.8. The molecule has 2 aliphatic rings. The molecule has 0 aromatic carbocycles. The number of amides is 1. The number of pyridine rings is 1. The summed E-state index contributed by atoms with van der Waals surface area (Å²) >= 11 is 0. The molecular weight excluding hydrogens is 438 g/mol. The van der Waals surface area contributed by atoms with Crippen LogP contribution in [0.2, 0.25) is 0 Å². The molecule has 8 nitrogen and oxygen atoms in total. The van der Waals surface area contributed by atoms with Crippen LogP contribution in [0, 0.1) is 17.2 Å². The highest BCUT2D eigenvalue weighted by Gasteiger charge is 2.52. The highest BCUT2D eigenvalue weighted by Crippen LogP contribution is 2.42. The summed E-state index contributed by atoms with van der Waals surface area (Å²) in [7, 11) is 1.86. The molecule has 0 radical (unpaired) electrons. The Morgan fingerprint density at radius 2 is 2.06 bits per heavy atom. The second kappa shape index (κ2) is 9.15. The third-order valence-corrected chi connectivity index (χ3v) is 5.43. The molecular formula is C20H21F4N3O5. The molecule has 12 heteroatoms. The van der Waals surface area contributed by atoms with E-state index >= 15 is 0 Å². The number of likely N-dealkylation sites (tertiary alicyclic amines) is 1. The molecule has 1 N–H and O–H groups in total. The van der Waals surface area contributed by atoms with Gasteiger partial charge in [0.1, 0.15) is 5.69 Å². The molecule has 2 aromatic heterocycles. The fourth-order valence-electron chi connectivity index (χ4n) is 3.73. The SMILES string of the molecule is Cn1cccc1C(=O)N1C[C@@H]2COC[C@]2(COc2ncccc2F)C1.O=C(O)C(F)(F)F. The first kappa shape index (κ1) is 23.5. The summed E-state index contributed by atoms with van der Waals surface area (Å²) in [5, 5.41) is 7.12. The van der Waals surface area contributed by atoms with Crippen LogP contribution >= 0.6 is 0 Å². The van der Waals surface area contributed by atoms with Gasteiger partial charge in [-0.25, -0.2) is 14.2 Å². The van der Waals surface area contributed by atoms with Gasteiger partial charge in [0.05, 0.1) is 25.2 Å². The molecule has 2 fully saturated rings. The third kappa shape index (κ3) is 5.01. The summed E-state index contributed by atoms with van der Waals surface area (Å²) < 4.78 is 58.6. The van der Waals surface area contributed by atoms with E-state index in [1.807, 2.05) is 34.8 Å². The number of aryl methyl sites for hydroxylation is 1. The zero-order chi connectivity index (χ0) is 23.5. The predicted octanol–water partition coefficient (Wildman–Crippen LogP) is 2.36. The monoisotopic (exact) mass is 459 g/mol. The minimum Gasteiger partial charge on any atom is -0.475 e. The molecule has 2 atom stereocenters. The van der Waals surface area contributed by atoms with Crippen molar-refractivity contribution >= 4 is 11.9 Å². The number of carboxylic acid groups (broad SMARTS) is 1. The highest BCUT2D eigenvalue weighted by molar-refractivity contribution is 5.93. The summed E-state index contributed by atoms with van der Waals surface area (Å²) in [4.78, 5) is 27.5. The first-order valence-corrected chi connectivity index (χ1v) is 9.55. The molecule has 0 aliphatic carbocycles. The van der Waals surface area contributed by atoms with Gasteiger partial charge in [0.2, 0.25) is 5.88 Å². The van der Waals surface area contributed by atoms with Gasteiger partial charge in [-0.05, 0) is 24.3 Å². The van der Waals surface area contributed by atoms with E-state index in [0.29, 0.717) is 32.0 Å². The zero-order valence-corrected chi connectivity index (χ0v) is 17.0. The van der Waals surface area contributed by atoms with Gasteiger partial charge in [-0.15, -0.1) is 0 Å². The lowest BCUT2D eigenvalue weighted by atomic mass is 9.82. The minimum atomic E-state index is -5.08. The van der Waals surface area contributed by atoms with Gasteiger partial charge < -0.3 is 24.0 Å². The van der Waals surface area contributed by atoms with Crippen LogP contribution in [0.25, 0.3) is 0 Å². The van der Waals surface area contributed by atoms with E-state index in [1.54, 1.807) is 0 Å². The van der Waals surface area contributed by atoms with E-state index in [2.05, 4.69) is 4.98 Å². The average Bonchev–Trinajstić information content (AvgIpc) is 3.40. The summed E-state index contributed by atoms with van der Waals surface area (Å²) in [5.74, 6) is -3.06. The van der Waals surface area contributed by atoms with Crippen LogP contribution in [0.1, 0.15) is 10.5 Å². The van der Waals surface area contributed by atoms with Crippen molar-refractivity contribution in [1.82, 2.24) is 14.5 Å². The van der Waals surface area contributed by atoms with Crippen molar-refractivity contribution in [2.45, 2.75) is 6.18 Å². The second-order valence-electron chi connectivity index (χ2n) is 7.65. The van der Waals surface area contributed by atoms with Crippen LogP contribution in [-0.2, 0) is 16.6 Å². The number of carbonyl (C=O) groups is 2. The maximum Gasteiger partial charge on any atom is 0.490 e. The van der Waals surface area contributed by atoms with Crippen LogP contribution in [0.3, 0.4) is 0 Å². The fraction of sp³-hybridized carbons (Fsp3) is 0.450. The van der Waals surface area contributed by atoms with Crippen molar-refractivity contribution in [2.24, 2.45) is 18.4 Å². The minimum absolute atomic E-state index is 0.00487. The van der Waals surface area contributed by atoms with E-state index in [-0.39, 0.29) is 29.7 Å². The number of halogens is 4. The predicted molar refractivity (Wildman–Crippen MR) is 101 cm³/mol. The molecule has 4 rings (SSSR count). The molecule has 0 spiro atoms. The van der Waals surface area contributed by atoms with Crippen molar-refractivity contribution < 1.29 is 41.7 Å². The van der Waals surface area contributed by atoms with Crippen molar-refractivity contribution in [1.29, 1.82) is 0 Å². The van der Waals surface area contributed by atoms with Gasteiger partial charge in [-0.3, -0.25) is 4.79 Å². The van der Waals surface area contributed by atoms with Gasteiger partial charge in [0.15, 0.2) is 5.82 Å². The lowest BCUT2D eigenvalue weighted by Gasteiger charge is -2.26. The van der Waals surface area contributed by atoms with E-state index in [1.165, 1.54) is 18.3 Å². The molecule has 174 valence electrons. The van der Waals surface area contributed by atoms with Crippen LogP contribution in [0.15, 0.2) is 36.7 Å². The number of carbonyl (C=O) groups excluding carboxylic acids is 1. The second-order valence-corrected chi connectivity index (χ2v) is 7.65. The molecule has 2 aliphatic heterocycles. The lowest BCUT2D eigenvalue weighted by molar-refractivity contribution is -0.192. The average molecular weight is 459 g/mol. The Kier molecular flexibility index (Phi) is 6.72.